The first-order valence-electron chi connectivity index (χ1n) is 13.9. The van der Waals surface area contributed by atoms with Crippen molar-refractivity contribution < 1.29 is 18.0 Å². The van der Waals surface area contributed by atoms with Crippen LogP contribution in [0.15, 0.2) is 102 Å². The summed E-state index contributed by atoms with van der Waals surface area (Å²) in [5.41, 5.74) is 1.60. The highest BCUT2D eigenvalue weighted by Crippen LogP contribution is 2.23. The summed E-state index contributed by atoms with van der Waals surface area (Å²) in [5, 5.41) is 5.22. The second-order valence-corrected chi connectivity index (χ2v) is 12.9. The van der Waals surface area contributed by atoms with Crippen molar-refractivity contribution in [2.45, 2.75) is 50.2 Å². The van der Waals surface area contributed by atoms with Crippen LogP contribution in [0.1, 0.15) is 31.4 Å². The van der Waals surface area contributed by atoms with Crippen LogP contribution in [0.5, 0.6) is 0 Å². The summed E-state index contributed by atoms with van der Waals surface area (Å²) >= 11 is 6.25. The summed E-state index contributed by atoms with van der Waals surface area (Å²) in [7, 11) is -2.62. The molecule has 0 bridgehead atoms. The minimum atomic E-state index is -4.00. The van der Waals surface area contributed by atoms with Crippen LogP contribution in [0.25, 0.3) is 10.8 Å². The van der Waals surface area contributed by atoms with Gasteiger partial charge >= 0.3 is 0 Å². The number of halogens is 1. The van der Waals surface area contributed by atoms with Gasteiger partial charge in [-0.3, -0.25) is 9.59 Å². The molecule has 0 aliphatic carbocycles. The first-order chi connectivity index (χ1) is 20.1. The number of fused-ring (bicyclic) bond motifs is 1. The van der Waals surface area contributed by atoms with Crippen molar-refractivity contribution in [3.8, 4) is 0 Å². The number of hydrogen-bond donors (Lipinski definition) is 1. The molecule has 2 amide bonds. The van der Waals surface area contributed by atoms with E-state index in [-0.39, 0.29) is 29.8 Å². The third-order valence-electron chi connectivity index (χ3n) is 7.30. The fourth-order valence-electron chi connectivity index (χ4n) is 4.70. The average molecular weight is 606 g/mol. The molecule has 9 heteroatoms. The van der Waals surface area contributed by atoms with Gasteiger partial charge in [-0.25, -0.2) is 8.42 Å². The van der Waals surface area contributed by atoms with Gasteiger partial charge in [-0.2, -0.15) is 4.31 Å². The minimum Gasteiger partial charge on any atom is -0.352 e. The first kappa shape index (κ1) is 31.2. The summed E-state index contributed by atoms with van der Waals surface area (Å²) in [6.45, 7) is 3.51. The van der Waals surface area contributed by atoms with Crippen molar-refractivity contribution in [2.75, 3.05) is 13.6 Å². The molecule has 0 spiro atoms. The highest BCUT2D eigenvalue weighted by atomic mass is 35.5. The van der Waals surface area contributed by atoms with E-state index in [1.165, 1.54) is 11.9 Å². The van der Waals surface area contributed by atoms with E-state index >= 15 is 0 Å². The maximum absolute atomic E-state index is 14.0. The van der Waals surface area contributed by atoms with Crippen LogP contribution in [0, 0.1) is 0 Å². The molecule has 0 unspecified atom stereocenters. The second-order valence-electron chi connectivity index (χ2n) is 10.4. The monoisotopic (exact) mass is 605 g/mol. The molecule has 2 atom stereocenters. The quantitative estimate of drug-likeness (QED) is 0.225. The zero-order chi connectivity index (χ0) is 30.3. The number of benzene rings is 4. The van der Waals surface area contributed by atoms with Crippen molar-refractivity contribution in [3.05, 3.63) is 113 Å². The van der Waals surface area contributed by atoms with Gasteiger partial charge in [-0.1, -0.05) is 91.3 Å². The Bertz CT molecular complexity index is 1650. The molecule has 1 N–H and O–H groups in total. The molecule has 0 fully saturated rings. The number of hydrogen-bond acceptors (Lipinski definition) is 4. The molecule has 4 rings (SSSR count). The smallest absolute Gasteiger partial charge is 0.243 e. The van der Waals surface area contributed by atoms with Crippen LogP contribution in [-0.2, 0) is 32.6 Å². The largest absolute Gasteiger partial charge is 0.352 e. The third-order valence-corrected chi connectivity index (χ3v) is 9.34. The molecule has 4 aromatic carbocycles. The van der Waals surface area contributed by atoms with Crippen molar-refractivity contribution in [3.63, 3.8) is 0 Å². The van der Waals surface area contributed by atoms with Crippen LogP contribution >= 0.6 is 11.6 Å². The molecule has 0 aromatic heterocycles. The average Bonchev–Trinajstić information content (AvgIpc) is 2.98. The molecule has 7 nitrogen and oxygen atoms in total. The predicted molar refractivity (Wildman–Crippen MR) is 168 cm³/mol. The van der Waals surface area contributed by atoms with Crippen LogP contribution in [-0.4, -0.2) is 55.1 Å². The first-order valence-corrected chi connectivity index (χ1v) is 15.7. The van der Waals surface area contributed by atoms with E-state index in [4.69, 9.17) is 11.6 Å². The number of carbonyl (C=O) groups is 2. The Labute approximate surface area is 253 Å². The molecule has 220 valence electrons. The lowest BCUT2D eigenvalue weighted by molar-refractivity contribution is -0.141. The van der Waals surface area contributed by atoms with E-state index in [1.807, 2.05) is 74.5 Å². The predicted octanol–water partition coefficient (Wildman–Crippen LogP) is 5.67. The molecule has 0 radical (unpaired) electrons. The molecular weight excluding hydrogens is 570 g/mol. The van der Waals surface area contributed by atoms with Crippen LogP contribution in [0.3, 0.4) is 0 Å². The van der Waals surface area contributed by atoms with Gasteiger partial charge in [0.15, 0.2) is 0 Å². The second kappa shape index (κ2) is 14.0. The van der Waals surface area contributed by atoms with Gasteiger partial charge in [0.05, 0.1) is 11.4 Å². The highest BCUT2D eigenvalue weighted by molar-refractivity contribution is 7.89. The van der Waals surface area contributed by atoms with Crippen LogP contribution < -0.4 is 5.32 Å². The standard InChI is InChI=1S/C33H36ClN3O4S/c1-4-24(2)35-33(39)31(20-25-11-6-5-7-12-25)37(22-26-13-10-16-29(34)19-26)32(38)23-36(3)42(40,41)30-18-17-27-14-8-9-15-28(27)21-30/h5-19,21,24,31H,4,20,22-23H2,1-3H3,(H,35,39)/t24-,31+/m0/s1. The summed E-state index contributed by atoms with van der Waals surface area (Å²) < 4.78 is 28.2. The number of likely N-dealkylation sites (N-methyl/N-ethyl adjacent to an activating group) is 1. The van der Waals surface area contributed by atoms with Gasteiger partial charge in [0.1, 0.15) is 6.04 Å². The molecule has 0 aliphatic heterocycles. The third kappa shape index (κ3) is 7.76. The summed E-state index contributed by atoms with van der Waals surface area (Å²) in [4.78, 5) is 29.3. The topological polar surface area (TPSA) is 86.8 Å². The number of sulfonamides is 1. The molecule has 0 heterocycles. The zero-order valence-electron chi connectivity index (χ0n) is 24.0. The fourth-order valence-corrected chi connectivity index (χ4v) is 6.07. The summed E-state index contributed by atoms with van der Waals surface area (Å²) in [6, 6.07) is 27.9. The molecule has 4 aromatic rings. The van der Waals surface area contributed by atoms with Gasteiger partial charge in [0.2, 0.25) is 21.8 Å². The van der Waals surface area contributed by atoms with E-state index in [0.717, 1.165) is 32.6 Å². The van der Waals surface area contributed by atoms with Crippen molar-refractivity contribution in [1.82, 2.24) is 14.5 Å². The molecule has 0 saturated heterocycles. The number of amides is 2. The van der Waals surface area contributed by atoms with Crippen molar-refractivity contribution in [1.29, 1.82) is 0 Å². The maximum Gasteiger partial charge on any atom is 0.243 e. The van der Waals surface area contributed by atoms with E-state index in [1.54, 1.807) is 36.4 Å². The Morgan fingerprint density at radius 1 is 0.857 bits per heavy atom. The number of rotatable bonds is 12. The van der Waals surface area contributed by atoms with E-state index in [2.05, 4.69) is 5.32 Å². The molecule has 0 saturated carbocycles. The number of carbonyl (C=O) groups excluding carboxylic acids is 2. The fraction of sp³-hybridized carbons (Fsp3) is 0.273. The van der Waals surface area contributed by atoms with E-state index < -0.39 is 28.5 Å². The van der Waals surface area contributed by atoms with Crippen LogP contribution in [0.2, 0.25) is 5.02 Å². The molecule has 42 heavy (non-hydrogen) atoms. The normalized spacial score (nSPS) is 13.1. The Morgan fingerprint density at radius 3 is 2.21 bits per heavy atom. The Balaban J connectivity index is 1.68. The molecule has 0 aliphatic rings. The van der Waals surface area contributed by atoms with Gasteiger partial charge in [0.25, 0.3) is 0 Å². The zero-order valence-corrected chi connectivity index (χ0v) is 25.6. The Hall–Kier alpha value is -3.72. The summed E-state index contributed by atoms with van der Waals surface area (Å²) in [6.07, 6.45) is 0.981. The Morgan fingerprint density at radius 2 is 1.52 bits per heavy atom. The Kier molecular flexibility index (Phi) is 10.4. The number of nitrogens with zero attached hydrogens (tertiary/aromatic N) is 2. The van der Waals surface area contributed by atoms with Gasteiger partial charge in [-0.05, 0) is 59.5 Å². The van der Waals surface area contributed by atoms with E-state index in [0.29, 0.717) is 5.02 Å². The van der Waals surface area contributed by atoms with Crippen molar-refractivity contribution >= 4 is 44.2 Å². The van der Waals surface area contributed by atoms with Gasteiger partial charge in [0, 0.05) is 31.1 Å². The maximum atomic E-state index is 14.0. The van der Waals surface area contributed by atoms with Gasteiger partial charge in [-0.15, -0.1) is 0 Å². The lowest BCUT2D eigenvalue weighted by atomic mass is 10.0. The minimum absolute atomic E-state index is 0.0781. The number of nitrogens with one attached hydrogen (secondary N) is 1. The van der Waals surface area contributed by atoms with E-state index in [9.17, 15) is 18.0 Å². The van der Waals surface area contributed by atoms with Crippen molar-refractivity contribution in [2.24, 2.45) is 0 Å². The van der Waals surface area contributed by atoms with Crippen LogP contribution in [0.4, 0.5) is 0 Å². The highest BCUT2D eigenvalue weighted by Gasteiger charge is 2.33. The SMILES string of the molecule is CC[C@H](C)NC(=O)[C@@H](Cc1ccccc1)N(Cc1cccc(Cl)c1)C(=O)CN(C)S(=O)(=O)c1ccc2ccccc2c1. The lowest BCUT2D eigenvalue weighted by Crippen LogP contribution is -2.54. The molecular formula is C33H36ClN3O4S. The summed E-state index contributed by atoms with van der Waals surface area (Å²) in [5.74, 6) is -0.800. The lowest BCUT2D eigenvalue weighted by Gasteiger charge is -2.33. The van der Waals surface area contributed by atoms with Gasteiger partial charge < -0.3 is 10.2 Å².